The van der Waals surface area contributed by atoms with Crippen LogP contribution in [0.15, 0.2) is 57.6 Å². The van der Waals surface area contributed by atoms with Gasteiger partial charge in [-0.2, -0.15) is 13.2 Å². The maximum absolute atomic E-state index is 14.2. The molecular weight excluding hydrogens is 539 g/mol. The number of hydrogen-bond acceptors (Lipinski definition) is 7. The molecule has 0 amide bonds. The molecule has 0 spiro atoms. The number of benzene rings is 2. The summed E-state index contributed by atoms with van der Waals surface area (Å²) < 4.78 is 53.5. The summed E-state index contributed by atoms with van der Waals surface area (Å²) in [5.41, 5.74) is 1.73. The molecular formula is C30H28F3N3O5. The van der Waals surface area contributed by atoms with Gasteiger partial charge in [-0.15, -0.1) is 0 Å². The predicted molar refractivity (Wildman–Crippen MR) is 142 cm³/mol. The van der Waals surface area contributed by atoms with E-state index < -0.39 is 29.5 Å². The molecule has 214 valence electrons. The van der Waals surface area contributed by atoms with Crippen molar-refractivity contribution < 1.29 is 37.2 Å². The second-order valence-electron chi connectivity index (χ2n) is 10.7. The Morgan fingerprint density at radius 3 is 2.56 bits per heavy atom. The zero-order valence-corrected chi connectivity index (χ0v) is 22.0. The minimum absolute atomic E-state index is 0.00836. The molecule has 2 aromatic carbocycles. The van der Waals surface area contributed by atoms with E-state index in [0.717, 1.165) is 30.5 Å². The van der Waals surface area contributed by atoms with Gasteiger partial charge < -0.3 is 24.2 Å². The Bertz CT molecular complexity index is 1560. The van der Waals surface area contributed by atoms with E-state index in [9.17, 15) is 23.1 Å². The Morgan fingerprint density at radius 1 is 1.05 bits per heavy atom. The Balaban J connectivity index is 1.26. The lowest BCUT2D eigenvalue weighted by atomic mass is 9.86. The molecule has 41 heavy (non-hydrogen) atoms. The second-order valence-corrected chi connectivity index (χ2v) is 10.7. The van der Waals surface area contributed by atoms with E-state index in [0.29, 0.717) is 42.8 Å². The van der Waals surface area contributed by atoms with Gasteiger partial charge in [0.2, 0.25) is 0 Å². The third-order valence-corrected chi connectivity index (χ3v) is 7.92. The normalized spacial score (nSPS) is 18.1. The highest BCUT2D eigenvalue weighted by atomic mass is 19.4. The minimum atomic E-state index is -4.73. The van der Waals surface area contributed by atoms with E-state index in [1.165, 1.54) is 12.1 Å². The van der Waals surface area contributed by atoms with Crippen LogP contribution in [-0.2, 0) is 23.8 Å². The van der Waals surface area contributed by atoms with Crippen LogP contribution in [0.1, 0.15) is 47.6 Å². The molecule has 4 aromatic rings. The van der Waals surface area contributed by atoms with Gasteiger partial charge in [0.25, 0.3) is 0 Å². The summed E-state index contributed by atoms with van der Waals surface area (Å²) in [7, 11) is 0. The molecule has 1 aliphatic carbocycles. The van der Waals surface area contributed by atoms with Crippen molar-refractivity contribution in [2.45, 2.75) is 44.4 Å². The summed E-state index contributed by atoms with van der Waals surface area (Å²) in [4.78, 5) is 13.2. The quantitative estimate of drug-likeness (QED) is 0.280. The lowest BCUT2D eigenvalue weighted by Gasteiger charge is -2.33. The largest absolute Gasteiger partial charge is 0.481 e. The monoisotopic (exact) mass is 567 g/mol. The van der Waals surface area contributed by atoms with Gasteiger partial charge in [-0.05, 0) is 49.3 Å². The zero-order chi connectivity index (χ0) is 28.7. The van der Waals surface area contributed by atoms with Gasteiger partial charge in [0.15, 0.2) is 11.5 Å². The zero-order valence-electron chi connectivity index (χ0n) is 22.0. The molecule has 11 heteroatoms. The van der Waals surface area contributed by atoms with Gasteiger partial charge in [-0.25, -0.2) is 0 Å². The van der Waals surface area contributed by atoms with Gasteiger partial charge in [-0.1, -0.05) is 58.8 Å². The van der Waals surface area contributed by atoms with Crippen LogP contribution >= 0.6 is 0 Å². The molecule has 8 nitrogen and oxygen atoms in total. The SMILES string of the molecule is O=C(O)C[C@H]1CCCN(CC(O)c2ccc3c(c2)CCc2c(-c4noc(-c5ccccc5)c4C(F)(F)F)noc2-3)C1. The van der Waals surface area contributed by atoms with Crippen molar-refractivity contribution in [2.75, 3.05) is 19.6 Å². The van der Waals surface area contributed by atoms with Crippen molar-refractivity contribution >= 4 is 5.97 Å². The molecule has 1 aliphatic heterocycles. The molecule has 1 saturated heterocycles. The fourth-order valence-electron chi connectivity index (χ4n) is 6.03. The van der Waals surface area contributed by atoms with E-state index in [2.05, 4.69) is 15.2 Å². The Hall–Kier alpha value is -3.96. The minimum Gasteiger partial charge on any atom is -0.481 e. The van der Waals surface area contributed by atoms with Crippen molar-refractivity contribution in [3.8, 4) is 34.0 Å². The molecule has 2 N–H and O–H groups in total. The van der Waals surface area contributed by atoms with Crippen LogP contribution in [0.25, 0.3) is 34.0 Å². The maximum atomic E-state index is 14.2. The lowest BCUT2D eigenvalue weighted by molar-refractivity contribution is -0.139. The van der Waals surface area contributed by atoms with E-state index >= 15 is 0 Å². The maximum Gasteiger partial charge on any atom is 0.422 e. The number of piperidine rings is 1. The Kier molecular flexibility index (Phi) is 7.16. The standard InChI is InChI=1S/C30H28F3N3O5/c31-30(32,33)25-27(35-40-28(25)18-6-2-1-3-7-18)26-22-11-8-19-14-20(9-10-21(19)29(22)41-34-26)23(37)16-36-12-4-5-17(15-36)13-24(38)39/h1-3,6-7,9-10,14,17,23,37H,4-5,8,11-13,15-16H2,(H,38,39)/t17-,23?/m1/s1. The molecule has 2 aliphatic rings. The number of aryl methyl sites for hydroxylation is 1. The van der Waals surface area contributed by atoms with Crippen molar-refractivity contribution in [2.24, 2.45) is 5.92 Å². The number of aliphatic carboxylic acids is 1. The van der Waals surface area contributed by atoms with Gasteiger partial charge >= 0.3 is 12.1 Å². The fraction of sp³-hybridized carbons (Fsp3) is 0.367. The van der Waals surface area contributed by atoms with E-state index in [-0.39, 0.29) is 29.4 Å². The first-order valence-corrected chi connectivity index (χ1v) is 13.6. The number of nitrogens with zero attached hydrogens (tertiary/aromatic N) is 3. The van der Waals surface area contributed by atoms with E-state index in [1.807, 2.05) is 6.07 Å². The predicted octanol–water partition coefficient (Wildman–Crippen LogP) is 6.00. The average Bonchev–Trinajstić information content (AvgIpc) is 3.58. The summed E-state index contributed by atoms with van der Waals surface area (Å²) in [6, 6.07) is 13.5. The number of carboxylic acid groups (broad SMARTS) is 1. The molecule has 6 rings (SSSR count). The summed E-state index contributed by atoms with van der Waals surface area (Å²) in [5.74, 6) is -0.728. The average molecular weight is 568 g/mol. The first-order chi connectivity index (χ1) is 19.7. The molecule has 1 unspecified atom stereocenters. The van der Waals surface area contributed by atoms with Crippen LogP contribution in [0.3, 0.4) is 0 Å². The van der Waals surface area contributed by atoms with E-state index in [1.54, 1.807) is 30.3 Å². The van der Waals surface area contributed by atoms with Crippen LogP contribution in [-0.4, -0.2) is 51.0 Å². The van der Waals surface area contributed by atoms with Crippen molar-refractivity contribution in [3.05, 3.63) is 70.8 Å². The smallest absolute Gasteiger partial charge is 0.422 e. The van der Waals surface area contributed by atoms with Crippen molar-refractivity contribution in [1.82, 2.24) is 15.2 Å². The second kappa shape index (κ2) is 10.8. The number of aliphatic hydroxyl groups excluding tert-OH is 1. The van der Waals surface area contributed by atoms with Gasteiger partial charge in [0, 0.05) is 36.2 Å². The van der Waals surface area contributed by atoms with Gasteiger partial charge in [0.1, 0.15) is 17.0 Å². The highest BCUT2D eigenvalue weighted by Gasteiger charge is 2.43. The third-order valence-electron chi connectivity index (χ3n) is 7.92. The highest BCUT2D eigenvalue weighted by Crippen LogP contribution is 2.46. The molecule has 0 saturated carbocycles. The molecule has 2 aromatic heterocycles. The summed E-state index contributed by atoms with van der Waals surface area (Å²) in [6.07, 6.45) is -2.71. The van der Waals surface area contributed by atoms with Gasteiger partial charge in [-0.3, -0.25) is 4.79 Å². The summed E-state index contributed by atoms with van der Waals surface area (Å²) in [6.45, 7) is 1.82. The fourth-order valence-corrected chi connectivity index (χ4v) is 6.03. The number of aromatic nitrogens is 2. The van der Waals surface area contributed by atoms with Crippen LogP contribution < -0.4 is 0 Å². The lowest BCUT2D eigenvalue weighted by Crippen LogP contribution is -2.38. The van der Waals surface area contributed by atoms with E-state index in [4.69, 9.17) is 14.2 Å². The number of carbonyl (C=O) groups is 1. The van der Waals surface area contributed by atoms with Crippen molar-refractivity contribution in [1.29, 1.82) is 0 Å². The highest BCUT2D eigenvalue weighted by molar-refractivity contribution is 5.79. The number of aliphatic hydroxyl groups is 1. The number of β-amino-alcohol motifs (C(OH)–C–C–N with tert-alkyl or cyclic N) is 1. The van der Waals surface area contributed by atoms with Crippen LogP contribution in [0, 0.1) is 5.92 Å². The number of likely N-dealkylation sites (tertiary alicyclic amines) is 1. The number of fused-ring (bicyclic) bond motifs is 3. The first kappa shape index (κ1) is 27.2. The number of carboxylic acids is 1. The van der Waals surface area contributed by atoms with Crippen LogP contribution in [0.4, 0.5) is 13.2 Å². The van der Waals surface area contributed by atoms with Crippen LogP contribution in [0.2, 0.25) is 0 Å². The molecule has 0 bridgehead atoms. The molecule has 3 heterocycles. The topological polar surface area (TPSA) is 113 Å². The summed E-state index contributed by atoms with van der Waals surface area (Å²) in [5, 5.41) is 27.9. The molecule has 0 radical (unpaired) electrons. The number of hydrogen-bond donors (Lipinski definition) is 2. The Morgan fingerprint density at radius 2 is 1.80 bits per heavy atom. The van der Waals surface area contributed by atoms with Gasteiger partial charge in [0.05, 0.1) is 6.10 Å². The third kappa shape index (κ3) is 5.39. The van der Waals surface area contributed by atoms with Crippen molar-refractivity contribution in [3.63, 3.8) is 0 Å². The molecule has 1 fully saturated rings. The Labute approximate surface area is 233 Å². The van der Waals surface area contributed by atoms with Crippen LogP contribution in [0.5, 0.6) is 0 Å². The number of halogens is 3. The first-order valence-electron chi connectivity index (χ1n) is 13.6. The summed E-state index contributed by atoms with van der Waals surface area (Å²) >= 11 is 0. The molecule has 2 atom stereocenters. The number of rotatable bonds is 7. The number of alkyl halides is 3.